The fraction of sp³-hybridized carbons (Fsp3) is 0.667. The summed E-state index contributed by atoms with van der Waals surface area (Å²) in [5, 5.41) is 9.26. The Morgan fingerprint density at radius 3 is 2.65 bits per heavy atom. The molecular weight excluding hydrogens is 294 g/mol. The zero-order valence-electron chi connectivity index (χ0n) is 13.4. The number of nitrogens with zero attached hydrogens (tertiary/aromatic N) is 1. The van der Waals surface area contributed by atoms with Crippen molar-refractivity contribution in [2.45, 2.75) is 57.4 Å². The number of carbonyl (C=O) groups is 2. The van der Waals surface area contributed by atoms with Crippen LogP contribution in [0.25, 0.3) is 0 Å². The second kappa shape index (κ2) is 7.20. The van der Waals surface area contributed by atoms with Crippen LogP contribution in [0, 0.1) is 11.8 Å². The largest absolute Gasteiger partial charge is 0.481 e. The van der Waals surface area contributed by atoms with Crippen LogP contribution in [0.4, 0.5) is 0 Å². The van der Waals surface area contributed by atoms with Crippen LogP contribution in [-0.4, -0.2) is 28.4 Å². The number of likely N-dealkylation sites (tertiary alicyclic amines) is 1. The van der Waals surface area contributed by atoms with E-state index in [1.54, 1.807) is 6.26 Å². The fourth-order valence-electron chi connectivity index (χ4n) is 4.02. The van der Waals surface area contributed by atoms with Gasteiger partial charge >= 0.3 is 5.97 Å². The van der Waals surface area contributed by atoms with Crippen molar-refractivity contribution >= 4 is 11.9 Å². The highest BCUT2D eigenvalue weighted by molar-refractivity contribution is 5.80. The number of carboxylic acids is 1. The summed E-state index contributed by atoms with van der Waals surface area (Å²) in [7, 11) is 0. The lowest BCUT2D eigenvalue weighted by Gasteiger charge is -2.34. The Morgan fingerprint density at radius 1 is 1.09 bits per heavy atom. The third-order valence-electron chi connectivity index (χ3n) is 5.28. The van der Waals surface area contributed by atoms with Crippen LogP contribution >= 0.6 is 0 Å². The van der Waals surface area contributed by atoms with Gasteiger partial charge in [0.25, 0.3) is 0 Å². The average Bonchev–Trinajstić information content (AvgIpc) is 2.99. The van der Waals surface area contributed by atoms with Crippen LogP contribution in [0.3, 0.4) is 0 Å². The molecule has 3 atom stereocenters. The second-order valence-corrected chi connectivity index (χ2v) is 6.81. The minimum atomic E-state index is -0.763. The molecule has 1 aliphatic heterocycles. The topological polar surface area (TPSA) is 70.8 Å². The highest BCUT2D eigenvalue weighted by Crippen LogP contribution is 2.36. The molecule has 2 aliphatic rings. The number of furan rings is 1. The van der Waals surface area contributed by atoms with Crippen LogP contribution in [0.15, 0.2) is 22.8 Å². The van der Waals surface area contributed by atoms with Crippen molar-refractivity contribution in [2.24, 2.45) is 11.8 Å². The zero-order chi connectivity index (χ0) is 16.2. The Balaban J connectivity index is 1.76. The third kappa shape index (κ3) is 3.59. The molecule has 1 N–H and O–H groups in total. The van der Waals surface area contributed by atoms with Crippen LogP contribution in [0.1, 0.15) is 63.2 Å². The summed E-state index contributed by atoms with van der Waals surface area (Å²) in [6, 6.07) is 3.81. The number of hydrogen-bond acceptors (Lipinski definition) is 3. The lowest BCUT2D eigenvalue weighted by Crippen LogP contribution is -2.41. The summed E-state index contributed by atoms with van der Waals surface area (Å²) < 4.78 is 5.57. The molecule has 0 bridgehead atoms. The molecular formula is C18H25NO4. The average molecular weight is 319 g/mol. The number of carboxylic acid groups (broad SMARTS) is 1. The number of aliphatic carboxylic acids is 1. The van der Waals surface area contributed by atoms with Crippen LogP contribution in [0.2, 0.25) is 0 Å². The molecule has 126 valence electrons. The smallest absolute Gasteiger partial charge is 0.306 e. The first-order valence-corrected chi connectivity index (χ1v) is 8.73. The molecule has 0 spiro atoms. The van der Waals surface area contributed by atoms with Gasteiger partial charge in [0, 0.05) is 12.5 Å². The molecule has 1 saturated heterocycles. The Kier molecular flexibility index (Phi) is 5.03. The molecule has 0 aromatic carbocycles. The summed E-state index contributed by atoms with van der Waals surface area (Å²) in [6.45, 7) is 0.748. The van der Waals surface area contributed by atoms with E-state index in [4.69, 9.17) is 4.42 Å². The van der Waals surface area contributed by atoms with Crippen molar-refractivity contribution in [2.75, 3.05) is 6.54 Å². The van der Waals surface area contributed by atoms with E-state index < -0.39 is 5.97 Å². The van der Waals surface area contributed by atoms with Gasteiger partial charge in [-0.2, -0.15) is 0 Å². The van der Waals surface area contributed by atoms with Gasteiger partial charge in [-0.05, 0) is 44.2 Å². The van der Waals surface area contributed by atoms with E-state index in [9.17, 15) is 14.7 Å². The second-order valence-electron chi connectivity index (χ2n) is 6.81. The minimum absolute atomic E-state index is 0.00482. The number of rotatable bonds is 3. The predicted molar refractivity (Wildman–Crippen MR) is 84.7 cm³/mol. The maximum Gasteiger partial charge on any atom is 0.306 e. The van der Waals surface area contributed by atoms with Crippen LogP contribution < -0.4 is 0 Å². The van der Waals surface area contributed by atoms with E-state index in [1.807, 2.05) is 17.0 Å². The van der Waals surface area contributed by atoms with Gasteiger partial charge in [-0.3, -0.25) is 9.59 Å². The highest BCUT2D eigenvalue weighted by atomic mass is 16.4. The minimum Gasteiger partial charge on any atom is -0.481 e. The van der Waals surface area contributed by atoms with Gasteiger partial charge in [-0.25, -0.2) is 0 Å². The van der Waals surface area contributed by atoms with Crippen LogP contribution in [-0.2, 0) is 9.59 Å². The van der Waals surface area contributed by atoms with Crippen molar-refractivity contribution in [1.82, 2.24) is 4.90 Å². The van der Waals surface area contributed by atoms with Gasteiger partial charge in [0.1, 0.15) is 5.76 Å². The summed E-state index contributed by atoms with van der Waals surface area (Å²) in [5.41, 5.74) is 0. The first-order valence-electron chi connectivity index (χ1n) is 8.73. The van der Waals surface area contributed by atoms with Gasteiger partial charge in [0.05, 0.1) is 18.2 Å². The Hall–Kier alpha value is -1.78. The molecule has 1 aromatic rings. The SMILES string of the molecule is O=C(O)C1CCCC(C(=O)N2CCCCCC2c2ccco2)C1. The van der Waals surface area contributed by atoms with Crippen molar-refractivity contribution in [3.8, 4) is 0 Å². The molecule has 23 heavy (non-hydrogen) atoms. The zero-order valence-corrected chi connectivity index (χ0v) is 13.4. The van der Waals surface area contributed by atoms with Gasteiger partial charge in [-0.15, -0.1) is 0 Å². The Labute approximate surface area is 136 Å². The molecule has 1 aliphatic carbocycles. The van der Waals surface area contributed by atoms with E-state index >= 15 is 0 Å². The molecule has 2 fully saturated rings. The maximum absolute atomic E-state index is 13.1. The van der Waals surface area contributed by atoms with Gasteiger partial charge in [0.2, 0.25) is 5.91 Å². The monoisotopic (exact) mass is 319 g/mol. The number of amides is 1. The highest BCUT2D eigenvalue weighted by Gasteiger charge is 2.36. The number of carbonyl (C=O) groups excluding carboxylic acids is 1. The molecule has 1 aromatic heterocycles. The van der Waals surface area contributed by atoms with Crippen LogP contribution in [0.5, 0.6) is 0 Å². The summed E-state index contributed by atoms with van der Waals surface area (Å²) in [4.78, 5) is 26.3. The lowest BCUT2D eigenvalue weighted by molar-refractivity contribution is -0.146. The molecule has 1 amide bonds. The van der Waals surface area contributed by atoms with Crippen molar-refractivity contribution in [3.05, 3.63) is 24.2 Å². The van der Waals surface area contributed by atoms with Gasteiger partial charge in [0.15, 0.2) is 0 Å². The predicted octanol–water partition coefficient (Wildman–Crippen LogP) is 3.61. The molecule has 0 radical (unpaired) electrons. The molecule has 3 rings (SSSR count). The first-order chi connectivity index (χ1) is 11.2. The van der Waals surface area contributed by atoms with E-state index in [2.05, 4.69) is 0 Å². The third-order valence-corrected chi connectivity index (χ3v) is 5.28. The standard InChI is InChI=1S/C18H25NO4/c20-17(13-6-4-7-14(12-13)18(21)22)19-10-3-1-2-8-15(19)16-9-5-11-23-16/h5,9,11,13-15H,1-4,6-8,10,12H2,(H,21,22). The molecule has 2 heterocycles. The van der Waals surface area contributed by atoms with Crippen molar-refractivity contribution in [3.63, 3.8) is 0 Å². The first kappa shape index (κ1) is 16.1. The maximum atomic E-state index is 13.1. The summed E-state index contributed by atoms with van der Waals surface area (Å²) in [5.74, 6) is -0.307. The van der Waals surface area contributed by atoms with Crippen molar-refractivity contribution < 1.29 is 19.1 Å². The van der Waals surface area contributed by atoms with E-state index in [1.165, 1.54) is 0 Å². The quantitative estimate of drug-likeness (QED) is 0.924. The van der Waals surface area contributed by atoms with Gasteiger partial charge < -0.3 is 14.4 Å². The van der Waals surface area contributed by atoms with Crippen molar-refractivity contribution in [1.29, 1.82) is 0 Å². The fourth-order valence-corrected chi connectivity index (χ4v) is 4.02. The Morgan fingerprint density at radius 2 is 1.91 bits per heavy atom. The Bertz CT molecular complexity index is 539. The lowest BCUT2D eigenvalue weighted by atomic mass is 9.80. The molecule has 5 nitrogen and oxygen atoms in total. The normalized spacial score (nSPS) is 29.0. The molecule has 3 unspecified atom stereocenters. The number of hydrogen-bond donors (Lipinski definition) is 1. The van der Waals surface area contributed by atoms with E-state index in [0.29, 0.717) is 12.8 Å². The summed E-state index contributed by atoms with van der Waals surface area (Å²) >= 11 is 0. The van der Waals surface area contributed by atoms with Gasteiger partial charge in [-0.1, -0.05) is 19.3 Å². The molecule has 1 saturated carbocycles. The summed E-state index contributed by atoms with van der Waals surface area (Å²) in [6.07, 6.45) is 8.63. The van der Waals surface area contributed by atoms with E-state index in [0.717, 1.165) is 50.8 Å². The van der Waals surface area contributed by atoms with E-state index in [-0.39, 0.29) is 23.8 Å². The molecule has 5 heteroatoms.